The minimum absolute atomic E-state index is 0.589. The molecule has 0 atom stereocenters. The molecule has 0 fully saturated rings. The Kier molecular flexibility index (Phi) is 1.68. The molecule has 4 heteroatoms. The summed E-state index contributed by atoms with van der Waals surface area (Å²) in [7, 11) is 0. The highest BCUT2D eigenvalue weighted by Crippen LogP contribution is 2.30. The van der Waals surface area contributed by atoms with Gasteiger partial charge in [-0.3, -0.25) is 0 Å². The Balaban J connectivity index is 2.03. The van der Waals surface area contributed by atoms with Crippen molar-refractivity contribution >= 4 is 17.3 Å². The van der Waals surface area contributed by atoms with Gasteiger partial charge < -0.3 is 10.6 Å². The lowest BCUT2D eigenvalue weighted by molar-refractivity contribution is 0.696. The van der Waals surface area contributed by atoms with Crippen molar-refractivity contribution in [2.75, 3.05) is 17.2 Å². The zero-order valence-corrected chi connectivity index (χ0v) is 8.30. The molecular formula is C11H12N4. The van der Waals surface area contributed by atoms with Crippen LogP contribution in [0.2, 0.25) is 0 Å². The maximum atomic E-state index is 5.67. The van der Waals surface area contributed by atoms with Crippen LogP contribution < -0.4 is 10.6 Å². The lowest BCUT2D eigenvalue weighted by Crippen LogP contribution is -2.12. The molecule has 3 rings (SSSR count). The molecule has 0 bridgehead atoms. The molecule has 15 heavy (non-hydrogen) atoms. The first kappa shape index (κ1) is 8.35. The Bertz CT molecular complexity index is 475. The number of benzene rings is 1. The van der Waals surface area contributed by atoms with Gasteiger partial charge in [0.1, 0.15) is 11.6 Å². The van der Waals surface area contributed by atoms with Crippen molar-refractivity contribution in [1.82, 2.24) is 9.78 Å². The third-order valence-electron chi connectivity index (χ3n) is 2.66. The van der Waals surface area contributed by atoms with Crippen LogP contribution in [0.5, 0.6) is 0 Å². The van der Waals surface area contributed by atoms with Crippen LogP contribution in [0.4, 0.5) is 17.3 Å². The van der Waals surface area contributed by atoms with Gasteiger partial charge in [-0.15, -0.1) is 0 Å². The fraction of sp³-hybridized carbons (Fsp3) is 0.182. The van der Waals surface area contributed by atoms with E-state index in [0.29, 0.717) is 5.82 Å². The summed E-state index contributed by atoms with van der Waals surface area (Å²) < 4.78 is 1.95. The van der Waals surface area contributed by atoms with Gasteiger partial charge in [-0.25, -0.2) is 4.68 Å². The summed E-state index contributed by atoms with van der Waals surface area (Å²) >= 11 is 0. The number of hydrogen-bond acceptors (Lipinski definition) is 3. The first-order chi connectivity index (χ1) is 7.34. The number of nitrogens with two attached hydrogens (primary N) is 1. The number of nitrogens with zero attached hydrogens (tertiary/aromatic N) is 3. The van der Waals surface area contributed by atoms with Crippen molar-refractivity contribution in [3.05, 3.63) is 36.4 Å². The number of aromatic nitrogens is 2. The summed E-state index contributed by atoms with van der Waals surface area (Å²) in [5.74, 6) is 1.67. The Morgan fingerprint density at radius 3 is 2.73 bits per heavy atom. The SMILES string of the molecule is Nc1cc2n(n1)CCN2c1ccccc1. The minimum atomic E-state index is 0.589. The summed E-state index contributed by atoms with van der Waals surface area (Å²) in [5, 5.41) is 4.22. The Labute approximate surface area is 87.9 Å². The van der Waals surface area contributed by atoms with Crippen LogP contribution in [0.3, 0.4) is 0 Å². The quantitative estimate of drug-likeness (QED) is 0.760. The van der Waals surface area contributed by atoms with Gasteiger partial charge in [0.2, 0.25) is 0 Å². The molecule has 0 saturated carbocycles. The van der Waals surface area contributed by atoms with E-state index in [4.69, 9.17) is 5.73 Å². The summed E-state index contributed by atoms with van der Waals surface area (Å²) in [4.78, 5) is 2.23. The summed E-state index contributed by atoms with van der Waals surface area (Å²) in [6.07, 6.45) is 0. The van der Waals surface area contributed by atoms with E-state index in [0.717, 1.165) is 18.9 Å². The van der Waals surface area contributed by atoms with E-state index in [1.165, 1.54) is 5.69 Å². The number of fused-ring (bicyclic) bond motifs is 1. The average Bonchev–Trinajstić information content (AvgIpc) is 2.77. The molecule has 0 amide bonds. The highest BCUT2D eigenvalue weighted by Gasteiger charge is 2.21. The molecule has 0 spiro atoms. The molecular weight excluding hydrogens is 188 g/mol. The van der Waals surface area contributed by atoms with E-state index >= 15 is 0 Å². The highest BCUT2D eigenvalue weighted by atomic mass is 15.4. The van der Waals surface area contributed by atoms with Gasteiger partial charge >= 0.3 is 0 Å². The van der Waals surface area contributed by atoms with E-state index in [2.05, 4.69) is 22.1 Å². The minimum Gasteiger partial charge on any atom is -0.382 e. The number of anilines is 3. The molecule has 0 radical (unpaired) electrons. The fourth-order valence-corrected chi connectivity index (χ4v) is 1.99. The molecule has 76 valence electrons. The zero-order valence-electron chi connectivity index (χ0n) is 8.30. The standard InChI is InChI=1S/C11H12N4/c12-10-8-11-14(6-7-15(11)13-10)9-4-2-1-3-5-9/h1-5,8H,6-7H2,(H2,12,13). The maximum Gasteiger partial charge on any atom is 0.147 e. The predicted molar refractivity (Wildman–Crippen MR) is 60.1 cm³/mol. The van der Waals surface area contributed by atoms with Crippen LogP contribution in [0.1, 0.15) is 0 Å². The summed E-state index contributed by atoms with van der Waals surface area (Å²) in [6, 6.07) is 12.2. The normalized spacial score (nSPS) is 14.3. The van der Waals surface area contributed by atoms with E-state index < -0.39 is 0 Å². The van der Waals surface area contributed by atoms with Crippen LogP contribution in [-0.2, 0) is 6.54 Å². The first-order valence-electron chi connectivity index (χ1n) is 5.00. The number of hydrogen-bond donors (Lipinski definition) is 1. The molecule has 1 aliphatic heterocycles. The molecule has 1 aromatic heterocycles. The van der Waals surface area contributed by atoms with Gasteiger partial charge in [-0.1, -0.05) is 18.2 Å². The van der Waals surface area contributed by atoms with E-state index in [1.54, 1.807) is 0 Å². The van der Waals surface area contributed by atoms with E-state index in [-0.39, 0.29) is 0 Å². The monoisotopic (exact) mass is 200 g/mol. The molecule has 1 aliphatic rings. The van der Waals surface area contributed by atoms with Crippen LogP contribution in [0.25, 0.3) is 0 Å². The van der Waals surface area contributed by atoms with Crippen LogP contribution in [0, 0.1) is 0 Å². The molecule has 0 unspecified atom stereocenters. The Morgan fingerprint density at radius 2 is 1.93 bits per heavy atom. The van der Waals surface area contributed by atoms with Crippen molar-refractivity contribution in [3.8, 4) is 0 Å². The molecule has 2 heterocycles. The third kappa shape index (κ3) is 1.26. The molecule has 0 aliphatic carbocycles. The average molecular weight is 200 g/mol. The van der Waals surface area contributed by atoms with E-state index in [9.17, 15) is 0 Å². The van der Waals surface area contributed by atoms with Gasteiger partial charge in [0.25, 0.3) is 0 Å². The largest absolute Gasteiger partial charge is 0.382 e. The van der Waals surface area contributed by atoms with Gasteiger partial charge in [0, 0.05) is 18.3 Å². The van der Waals surface area contributed by atoms with E-state index in [1.807, 2.05) is 28.9 Å². The predicted octanol–water partition coefficient (Wildman–Crippen LogP) is 1.62. The second kappa shape index (κ2) is 3.02. The molecule has 2 N–H and O–H groups in total. The second-order valence-corrected chi connectivity index (χ2v) is 3.64. The van der Waals surface area contributed by atoms with Crippen LogP contribution in [-0.4, -0.2) is 16.3 Å². The van der Waals surface area contributed by atoms with Crippen LogP contribution in [0.15, 0.2) is 36.4 Å². The first-order valence-corrected chi connectivity index (χ1v) is 5.00. The van der Waals surface area contributed by atoms with Crippen molar-refractivity contribution in [2.24, 2.45) is 0 Å². The van der Waals surface area contributed by atoms with Gasteiger partial charge in [0.05, 0.1) is 6.54 Å². The van der Waals surface area contributed by atoms with Gasteiger partial charge in [0.15, 0.2) is 0 Å². The molecule has 4 nitrogen and oxygen atoms in total. The third-order valence-corrected chi connectivity index (χ3v) is 2.66. The fourth-order valence-electron chi connectivity index (χ4n) is 1.99. The second-order valence-electron chi connectivity index (χ2n) is 3.64. The van der Waals surface area contributed by atoms with Gasteiger partial charge in [-0.05, 0) is 12.1 Å². The highest BCUT2D eigenvalue weighted by molar-refractivity contribution is 5.64. The Hall–Kier alpha value is -1.97. The lowest BCUT2D eigenvalue weighted by atomic mass is 10.3. The number of rotatable bonds is 1. The van der Waals surface area contributed by atoms with Gasteiger partial charge in [-0.2, -0.15) is 5.10 Å². The topological polar surface area (TPSA) is 47.1 Å². The zero-order chi connectivity index (χ0) is 10.3. The maximum absolute atomic E-state index is 5.67. The number of nitrogen functional groups attached to an aromatic ring is 1. The molecule has 1 aromatic carbocycles. The Morgan fingerprint density at radius 1 is 1.13 bits per heavy atom. The van der Waals surface area contributed by atoms with Crippen molar-refractivity contribution in [3.63, 3.8) is 0 Å². The molecule has 2 aromatic rings. The van der Waals surface area contributed by atoms with Crippen molar-refractivity contribution in [2.45, 2.75) is 6.54 Å². The molecule has 0 saturated heterocycles. The summed E-state index contributed by atoms with van der Waals surface area (Å²) in [5.41, 5.74) is 6.86. The van der Waals surface area contributed by atoms with Crippen molar-refractivity contribution < 1.29 is 0 Å². The summed E-state index contributed by atoms with van der Waals surface area (Å²) in [6.45, 7) is 1.87. The lowest BCUT2D eigenvalue weighted by Gasteiger charge is -2.16. The number of para-hydroxylation sites is 1. The smallest absolute Gasteiger partial charge is 0.147 e. The van der Waals surface area contributed by atoms with Crippen LogP contribution >= 0.6 is 0 Å². The van der Waals surface area contributed by atoms with Crippen molar-refractivity contribution in [1.29, 1.82) is 0 Å².